The van der Waals surface area contributed by atoms with Crippen LogP contribution in [0.3, 0.4) is 0 Å². The molecule has 6 heteroatoms. The van der Waals surface area contributed by atoms with E-state index in [1.54, 1.807) is 0 Å². The minimum atomic E-state index is -0.405. The van der Waals surface area contributed by atoms with Crippen LogP contribution in [0.4, 0.5) is 0 Å². The number of carbonyl (C=O) groups is 3. The average molecular weight is 442 g/mol. The topological polar surface area (TPSA) is 72.9 Å². The molecule has 1 aliphatic heterocycles. The van der Waals surface area contributed by atoms with Gasteiger partial charge in [0.25, 0.3) is 0 Å². The van der Waals surface area contributed by atoms with Crippen LogP contribution in [0.25, 0.3) is 0 Å². The Morgan fingerprint density at radius 3 is 2.56 bits per heavy atom. The van der Waals surface area contributed by atoms with Crippen molar-refractivity contribution in [2.75, 3.05) is 13.1 Å². The summed E-state index contributed by atoms with van der Waals surface area (Å²) in [6.45, 7) is 13.9. The summed E-state index contributed by atoms with van der Waals surface area (Å²) in [5, 5.41) is 0. The first-order valence-electron chi connectivity index (χ1n) is 12.4. The van der Waals surface area contributed by atoms with Gasteiger partial charge in [0.1, 0.15) is 18.0 Å². The second-order valence-corrected chi connectivity index (χ2v) is 11.8. The molecule has 1 heterocycles. The summed E-state index contributed by atoms with van der Waals surface area (Å²) in [6, 6.07) is 0.260. The Hall–Kier alpha value is -1.69. The Morgan fingerprint density at radius 1 is 1.19 bits per heavy atom. The highest BCUT2D eigenvalue weighted by atomic mass is 16.5. The van der Waals surface area contributed by atoms with E-state index in [9.17, 15) is 14.4 Å². The van der Waals surface area contributed by atoms with Crippen molar-refractivity contribution >= 4 is 17.7 Å². The van der Waals surface area contributed by atoms with Crippen molar-refractivity contribution in [1.29, 1.82) is 0 Å². The smallest absolute Gasteiger partial charge is 0.303 e. The van der Waals surface area contributed by atoms with E-state index in [0.717, 1.165) is 44.3 Å². The fourth-order valence-electron chi connectivity index (χ4n) is 10.4. The van der Waals surface area contributed by atoms with Crippen molar-refractivity contribution in [1.82, 2.24) is 4.90 Å². The van der Waals surface area contributed by atoms with E-state index in [1.807, 2.05) is 0 Å². The van der Waals surface area contributed by atoms with Crippen molar-refractivity contribution in [3.05, 3.63) is 12.2 Å². The van der Waals surface area contributed by atoms with Crippen LogP contribution in [0.1, 0.15) is 59.8 Å². The molecule has 0 N–H and O–H groups in total. The quantitative estimate of drug-likeness (QED) is 0.495. The number of fused-ring (bicyclic) bond motifs is 1. The Morgan fingerprint density at radius 2 is 1.91 bits per heavy atom. The van der Waals surface area contributed by atoms with Gasteiger partial charge in [0.2, 0.25) is 0 Å². The van der Waals surface area contributed by atoms with Crippen LogP contribution in [0.2, 0.25) is 0 Å². The number of carbonyl (C=O) groups excluding carboxylic acids is 3. The van der Waals surface area contributed by atoms with Gasteiger partial charge in [-0.15, -0.1) is 0 Å². The first-order chi connectivity index (χ1) is 15.1. The number of hydrogen-bond acceptors (Lipinski definition) is 6. The molecule has 0 aromatic rings. The van der Waals surface area contributed by atoms with Crippen molar-refractivity contribution in [2.45, 2.75) is 78.0 Å². The summed E-state index contributed by atoms with van der Waals surface area (Å²) < 4.78 is 12.2. The molecule has 5 aliphatic carbocycles. The van der Waals surface area contributed by atoms with Gasteiger partial charge in [0.15, 0.2) is 0 Å². The zero-order chi connectivity index (χ0) is 22.8. The maximum atomic E-state index is 13.4. The zero-order valence-corrected chi connectivity index (χ0v) is 19.7. The molecule has 10 atom stereocenters. The number of rotatable bonds is 3. The van der Waals surface area contributed by atoms with E-state index in [2.05, 4.69) is 25.3 Å². The monoisotopic (exact) mass is 441 g/mol. The summed E-state index contributed by atoms with van der Waals surface area (Å²) >= 11 is 0. The number of ketones is 1. The van der Waals surface area contributed by atoms with Gasteiger partial charge in [-0.25, -0.2) is 0 Å². The van der Waals surface area contributed by atoms with Gasteiger partial charge in [0, 0.05) is 49.6 Å². The summed E-state index contributed by atoms with van der Waals surface area (Å²) in [4.78, 5) is 40.5. The van der Waals surface area contributed by atoms with Crippen molar-refractivity contribution in [3.8, 4) is 0 Å². The number of Topliss-reactive ketones (excluding diaryl/α,β-unsaturated/α-hetero) is 1. The van der Waals surface area contributed by atoms with E-state index >= 15 is 0 Å². The lowest BCUT2D eigenvalue weighted by Crippen LogP contribution is -2.69. The number of hydrogen-bond donors (Lipinski definition) is 0. The molecule has 7 bridgehead atoms. The standard InChI is InChI=1S/C26H35NO5/c1-6-27-12-24(5)8-7-21(31-14(3)28)26-19(24)9-17(22(26)27)25-11-16(18(30)10-20(25)26)13(2)23(25)32-15(4)29/h16-17,19-23H,2,6-12H2,1,3-5H3/t16-,17?,19+,20+,21?,22-,23+,24-,25-,26?/m0/s1. The lowest BCUT2D eigenvalue weighted by atomic mass is 9.43. The fraction of sp³-hybridized carbons (Fsp3) is 0.808. The number of piperidine rings is 1. The molecular formula is C26H35NO5. The Labute approximate surface area is 190 Å². The molecule has 0 aromatic heterocycles. The highest BCUT2D eigenvalue weighted by Crippen LogP contribution is 2.83. The molecule has 174 valence electrons. The van der Waals surface area contributed by atoms with E-state index in [-0.39, 0.29) is 57.9 Å². The first-order valence-corrected chi connectivity index (χ1v) is 12.4. The molecule has 6 nitrogen and oxygen atoms in total. The normalized spacial score (nSPS) is 52.7. The molecule has 1 saturated heterocycles. The van der Waals surface area contributed by atoms with Gasteiger partial charge in [0.05, 0.1) is 0 Å². The second-order valence-electron chi connectivity index (χ2n) is 11.8. The number of nitrogens with zero attached hydrogens (tertiary/aromatic N) is 1. The molecule has 0 aromatic carbocycles. The van der Waals surface area contributed by atoms with Gasteiger partial charge >= 0.3 is 11.9 Å². The van der Waals surface area contributed by atoms with Crippen LogP contribution in [0.15, 0.2) is 12.2 Å². The fourth-order valence-corrected chi connectivity index (χ4v) is 10.4. The second kappa shape index (κ2) is 6.25. The van der Waals surface area contributed by atoms with Crippen molar-refractivity contribution < 1.29 is 23.9 Å². The predicted molar refractivity (Wildman–Crippen MR) is 116 cm³/mol. The zero-order valence-electron chi connectivity index (χ0n) is 19.7. The van der Waals surface area contributed by atoms with Crippen LogP contribution in [-0.4, -0.2) is 54.0 Å². The number of ether oxygens (including phenoxy) is 2. The largest absolute Gasteiger partial charge is 0.462 e. The SMILES string of the molecule is C=C1[C@@H]2C[C@@]3(C4C[C@H]5C6(C(OC(C)=O)CC[C@@]5(C)CN(CC)[C@@H]46)[C@@H]3CC2=O)[C@@H]1OC(C)=O. The van der Waals surface area contributed by atoms with Crippen LogP contribution in [0, 0.1) is 39.9 Å². The van der Waals surface area contributed by atoms with Gasteiger partial charge < -0.3 is 9.47 Å². The third kappa shape index (κ3) is 2.10. The Kier molecular flexibility index (Phi) is 4.08. The molecule has 3 unspecified atom stereocenters. The predicted octanol–water partition coefficient (Wildman–Crippen LogP) is 3.14. The minimum Gasteiger partial charge on any atom is -0.462 e. The first kappa shape index (κ1) is 20.9. The van der Waals surface area contributed by atoms with E-state index in [0.29, 0.717) is 18.3 Å². The molecule has 6 rings (SSSR count). The molecule has 6 aliphatic rings. The van der Waals surface area contributed by atoms with Crippen LogP contribution < -0.4 is 0 Å². The summed E-state index contributed by atoms with van der Waals surface area (Å²) in [6.07, 6.45) is 3.62. The molecule has 32 heavy (non-hydrogen) atoms. The molecule has 0 amide bonds. The van der Waals surface area contributed by atoms with E-state index in [1.165, 1.54) is 13.8 Å². The summed E-state index contributed by atoms with van der Waals surface area (Å²) in [5.74, 6) is 0.322. The molecule has 6 fully saturated rings. The van der Waals surface area contributed by atoms with Crippen LogP contribution in [-0.2, 0) is 23.9 Å². The highest BCUT2D eigenvalue weighted by molar-refractivity contribution is 5.87. The average Bonchev–Trinajstić information content (AvgIpc) is 3.24. The van der Waals surface area contributed by atoms with E-state index in [4.69, 9.17) is 9.47 Å². The van der Waals surface area contributed by atoms with Crippen molar-refractivity contribution in [2.24, 2.45) is 39.9 Å². The van der Waals surface area contributed by atoms with Crippen LogP contribution >= 0.6 is 0 Å². The highest BCUT2D eigenvalue weighted by Gasteiger charge is 2.86. The van der Waals surface area contributed by atoms with Gasteiger partial charge in [-0.2, -0.15) is 0 Å². The molecule has 0 radical (unpaired) electrons. The van der Waals surface area contributed by atoms with E-state index < -0.39 is 6.10 Å². The third-order valence-electron chi connectivity index (χ3n) is 10.9. The lowest BCUT2D eigenvalue weighted by molar-refractivity contribution is -0.224. The minimum absolute atomic E-state index is 0.0643. The Balaban J connectivity index is 1.59. The maximum Gasteiger partial charge on any atom is 0.303 e. The summed E-state index contributed by atoms with van der Waals surface area (Å²) in [5.41, 5.74) is 0.446. The van der Waals surface area contributed by atoms with Crippen LogP contribution in [0.5, 0.6) is 0 Å². The number of likely N-dealkylation sites (tertiary alicyclic amines) is 1. The van der Waals surface area contributed by atoms with Gasteiger partial charge in [-0.05, 0) is 61.0 Å². The third-order valence-corrected chi connectivity index (χ3v) is 10.9. The maximum absolute atomic E-state index is 13.4. The van der Waals surface area contributed by atoms with Gasteiger partial charge in [-0.3, -0.25) is 19.3 Å². The molecule has 5 saturated carbocycles. The van der Waals surface area contributed by atoms with Crippen molar-refractivity contribution in [3.63, 3.8) is 0 Å². The summed E-state index contributed by atoms with van der Waals surface area (Å²) in [7, 11) is 0. The molecular weight excluding hydrogens is 406 g/mol. The number of esters is 2. The van der Waals surface area contributed by atoms with Gasteiger partial charge in [-0.1, -0.05) is 20.4 Å². The molecule has 2 spiro atoms. The lowest BCUT2D eigenvalue weighted by Gasteiger charge is -2.65. The Bertz CT molecular complexity index is 945.